The number of halogens is 1. The van der Waals surface area contributed by atoms with Gasteiger partial charge in [0.05, 0.1) is 0 Å². The molecule has 0 saturated heterocycles. The molecule has 9 heavy (non-hydrogen) atoms. The van der Waals surface area contributed by atoms with Gasteiger partial charge in [-0.15, -0.1) is 0 Å². The number of amides is 1. The first kappa shape index (κ1) is 8.91. The van der Waals surface area contributed by atoms with Crippen molar-refractivity contribution in [1.29, 1.82) is 0 Å². The summed E-state index contributed by atoms with van der Waals surface area (Å²) in [5.74, 6) is 4.73. The molecule has 0 aromatic carbocycles. The van der Waals surface area contributed by atoms with Crippen LogP contribution in [0.25, 0.3) is 0 Å². The third kappa shape index (κ3) is 4.42. The summed E-state index contributed by atoms with van der Waals surface area (Å²) >= 11 is 3.30. The number of nitrogens with two attached hydrogens (primary N) is 1. The second-order valence-electron chi connectivity index (χ2n) is 1.78. The van der Waals surface area contributed by atoms with Gasteiger partial charge in [-0.25, -0.2) is 5.84 Å². The third-order valence-electron chi connectivity index (χ3n) is 1.01. The van der Waals surface area contributed by atoms with Crippen molar-refractivity contribution in [3.8, 4) is 0 Å². The van der Waals surface area contributed by atoms with Gasteiger partial charge in [0.1, 0.15) is 0 Å². The van der Waals surface area contributed by atoms with E-state index < -0.39 is 0 Å². The van der Waals surface area contributed by atoms with Crippen LogP contribution in [-0.4, -0.2) is 10.7 Å². The maximum Gasteiger partial charge on any atom is 0.234 e. The molecule has 1 atom stereocenters. The van der Waals surface area contributed by atoms with Crippen molar-refractivity contribution in [3.63, 3.8) is 0 Å². The Hall–Kier alpha value is -0.0900. The van der Waals surface area contributed by atoms with Crippen molar-refractivity contribution in [2.75, 3.05) is 0 Å². The van der Waals surface area contributed by atoms with E-state index in [1.165, 1.54) is 0 Å². The van der Waals surface area contributed by atoms with Gasteiger partial charge in [-0.3, -0.25) is 10.2 Å². The van der Waals surface area contributed by atoms with Crippen LogP contribution in [0.3, 0.4) is 0 Å². The second-order valence-corrected chi connectivity index (χ2v) is 3.07. The smallest absolute Gasteiger partial charge is 0.234 e. The van der Waals surface area contributed by atoms with Gasteiger partial charge in [-0.2, -0.15) is 0 Å². The molecule has 0 bridgehead atoms. The predicted molar refractivity (Wildman–Crippen MR) is 40.0 cm³/mol. The van der Waals surface area contributed by atoms with Gasteiger partial charge in [-0.1, -0.05) is 22.9 Å². The molecule has 0 spiro atoms. The number of carbonyl (C=O) groups is 1. The van der Waals surface area contributed by atoms with E-state index in [1.54, 1.807) is 0 Å². The molecule has 0 aliphatic rings. The van der Waals surface area contributed by atoms with Gasteiger partial charge >= 0.3 is 0 Å². The molecular formula is C5H11BrN2O. The molecule has 3 N–H and O–H groups in total. The van der Waals surface area contributed by atoms with E-state index >= 15 is 0 Å². The van der Waals surface area contributed by atoms with Gasteiger partial charge in [0.2, 0.25) is 5.91 Å². The predicted octanol–water partition coefficient (Wildman–Crippen LogP) is 0.540. The fraction of sp³-hybridized carbons (Fsp3) is 0.800. The molecule has 54 valence electrons. The van der Waals surface area contributed by atoms with E-state index in [2.05, 4.69) is 21.4 Å². The SMILES string of the molecule is CCC(Br)CC(=O)NN. The molecule has 0 aromatic rings. The van der Waals surface area contributed by atoms with Crippen molar-refractivity contribution in [2.24, 2.45) is 5.84 Å². The molecule has 1 unspecified atom stereocenters. The van der Waals surface area contributed by atoms with Crippen LogP contribution in [-0.2, 0) is 4.79 Å². The minimum atomic E-state index is -0.126. The summed E-state index contributed by atoms with van der Waals surface area (Å²) in [6.07, 6.45) is 1.39. The first-order valence-corrected chi connectivity index (χ1v) is 3.75. The molecule has 0 radical (unpaired) electrons. The Morgan fingerprint density at radius 1 is 1.89 bits per heavy atom. The van der Waals surface area contributed by atoms with Crippen LogP contribution >= 0.6 is 15.9 Å². The largest absolute Gasteiger partial charge is 0.294 e. The van der Waals surface area contributed by atoms with E-state index in [0.717, 1.165) is 6.42 Å². The fourth-order valence-corrected chi connectivity index (χ4v) is 0.698. The topological polar surface area (TPSA) is 55.1 Å². The summed E-state index contributed by atoms with van der Waals surface area (Å²) in [6.45, 7) is 2.00. The molecule has 0 aromatic heterocycles. The van der Waals surface area contributed by atoms with Crippen molar-refractivity contribution >= 4 is 21.8 Å². The highest BCUT2D eigenvalue weighted by atomic mass is 79.9. The molecule has 1 amide bonds. The summed E-state index contributed by atoms with van der Waals surface area (Å²) in [5, 5.41) is 0. The Morgan fingerprint density at radius 2 is 2.44 bits per heavy atom. The van der Waals surface area contributed by atoms with E-state index in [1.807, 2.05) is 6.92 Å². The summed E-state index contributed by atoms with van der Waals surface area (Å²) < 4.78 is 0. The number of nitrogens with one attached hydrogen (secondary N) is 1. The Bertz CT molecular complexity index is 97.0. The van der Waals surface area contributed by atoms with Crippen LogP contribution in [0, 0.1) is 0 Å². The lowest BCUT2D eigenvalue weighted by Crippen LogP contribution is -2.31. The zero-order valence-electron chi connectivity index (χ0n) is 5.36. The average molecular weight is 195 g/mol. The normalized spacial score (nSPS) is 12.8. The van der Waals surface area contributed by atoms with E-state index in [0.29, 0.717) is 6.42 Å². The summed E-state index contributed by atoms with van der Waals surface area (Å²) in [5.41, 5.74) is 2.06. The number of hydrogen-bond acceptors (Lipinski definition) is 2. The van der Waals surface area contributed by atoms with Crippen LogP contribution in [0.2, 0.25) is 0 Å². The van der Waals surface area contributed by atoms with Crippen LogP contribution in [0.4, 0.5) is 0 Å². The lowest BCUT2D eigenvalue weighted by Gasteiger charge is -2.02. The van der Waals surface area contributed by atoms with Crippen molar-refractivity contribution < 1.29 is 4.79 Å². The minimum absolute atomic E-state index is 0.126. The van der Waals surface area contributed by atoms with Crippen LogP contribution < -0.4 is 11.3 Å². The number of hydrogen-bond donors (Lipinski definition) is 2. The summed E-state index contributed by atoms with van der Waals surface area (Å²) in [6, 6.07) is 0. The highest BCUT2D eigenvalue weighted by Crippen LogP contribution is 2.07. The van der Waals surface area contributed by atoms with E-state index in [4.69, 9.17) is 5.84 Å². The molecule has 0 rings (SSSR count). The van der Waals surface area contributed by atoms with E-state index in [-0.39, 0.29) is 10.7 Å². The lowest BCUT2D eigenvalue weighted by atomic mass is 10.2. The first-order chi connectivity index (χ1) is 4.20. The molecule has 0 aliphatic carbocycles. The Kier molecular flexibility index (Phi) is 4.71. The average Bonchev–Trinajstić information content (AvgIpc) is 1.87. The van der Waals surface area contributed by atoms with Crippen molar-refractivity contribution in [3.05, 3.63) is 0 Å². The quantitative estimate of drug-likeness (QED) is 0.299. The summed E-state index contributed by atoms with van der Waals surface area (Å²) in [4.78, 5) is 10.8. The number of alkyl halides is 1. The third-order valence-corrected chi connectivity index (χ3v) is 1.98. The van der Waals surface area contributed by atoms with Crippen molar-refractivity contribution in [1.82, 2.24) is 5.43 Å². The Morgan fingerprint density at radius 3 is 2.78 bits per heavy atom. The maximum atomic E-state index is 10.5. The molecule has 0 heterocycles. The molecule has 0 fully saturated rings. The highest BCUT2D eigenvalue weighted by molar-refractivity contribution is 9.09. The number of hydrazine groups is 1. The Labute approximate surface area is 63.1 Å². The van der Waals surface area contributed by atoms with E-state index in [9.17, 15) is 4.79 Å². The monoisotopic (exact) mass is 194 g/mol. The second kappa shape index (κ2) is 4.76. The van der Waals surface area contributed by atoms with Gasteiger partial charge in [0.15, 0.2) is 0 Å². The standard InChI is InChI=1S/C5H11BrN2O/c1-2-4(6)3-5(9)8-7/h4H,2-3,7H2,1H3,(H,8,9). The van der Waals surface area contributed by atoms with Crippen molar-refractivity contribution in [2.45, 2.75) is 24.6 Å². The number of carbonyl (C=O) groups excluding carboxylic acids is 1. The molecule has 4 heteroatoms. The maximum absolute atomic E-state index is 10.5. The first-order valence-electron chi connectivity index (χ1n) is 2.84. The zero-order valence-corrected chi connectivity index (χ0v) is 6.94. The van der Waals surface area contributed by atoms with Gasteiger partial charge in [0, 0.05) is 11.2 Å². The number of rotatable bonds is 3. The van der Waals surface area contributed by atoms with Gasteiger partial charge in [0.25, 0.3) is 0 Å². The van der Waals surface area contributed by atoms with Crippen LogP contribution in [0.1, 0.15) is 19.8 Å². The molecular weight excluding hydrogens is 184 g/mol. The lowest BCUT2D eigenvalue weighted by molar-refractivity contribution is -0.121. The zero-order chi connectivity index (χ0) is 7.28. The molecule has 0 saturated carbocycles. The summed E-state index contributed by atoms with van der Waals surface area (Å²) in [7, 11) is 0. The molecule has 0 aliphatic heterocycles. The Balaban J connectivity index is 3.34. The molecule has 3 nitrogen and oxygen atoms in total. The van der Waals surface area contributed by atoms with Crippen LogP contribution in [0.5, 0.6) is 0 Å². The highest BCUT2D eigenvalue weighted by Gasteiger charge is 2.05. The van der Waals surface area contributed by atoms with Gasteiger partial charge < -0.3 is 0 Å². The fourth-order valence-electron chi connectivity index (χ4n) is 0.404. The van der Waals surface area contributed by atoms with Gasteiger partial charge in [-0.05, 0) is 6.42 Å². The van der Waals surface area contributed by atoms with Crippen LogP contribution in [0.15, 0.2) is 0 Å². The minimum Gasteiger partial charge on any atom is -0.294 e.